The van der Waals surface area contributed by atoms with Crippen LogP contribution >= 0.6 is 0 Å². The van der Waals surface area contributed by atoms with E-state index >= 15 is 0 Å². The van der Waals surface area contributed by atoms with Gasteiger partial charge in [0.25, 0.3) is 0 Å². The molecule has 0 aromatic heterocycles. The van der Waals surface area contributed by atoms with E-state index in [-0.39, 0.29) is 17.3 Å². The average Bonchev–Trinajstić information content (AvgIpc) is 2.94. The van der Waals surface area contributed by atoms with Gasteiger partial charge in [0, 0.05) is 31.2 Å². The fraction of sp³-hybridized carbons (Fsp3) is 0.455. The average molecular weight is 355 g/mol. The standard InChI is InChI=1S/C22H26FNO2/c1-14-3-8-18(16-4-6-17(23)7-5-16)15(2)20(14)19-13-24-22(21(19)25)9-11-26-12-10-22/h3-8,19,21,24-25H,9-13H2,1-2H3. The monoisotopic (exact) mass is 355 g/mol. The smallest absolute Gasteiger partial charge is 0.123 e. The Labute approximate surface area is 154 Å². The maximum atomic E-state index is 13.3. The highest BCUT2D eigenvalue weighted by Crippen LogP contribution is 2.42. The van der Waals surface area contributed by atoms with Gasteiger partial charge in [-0.3, -0.25) is 0 Å². The predicted molar refractivity (Wildman–Crippen MR) is 101 cm³/mol. The summed E-state index contributed by atoms with van der Waals surface area (Å²) >= 11 is 0. The van der Waals surface area contributed by atoms with E-state index in [2.05, 4.69) is 31.3 Å². The van der Waals surface area contributed by atoms with Crippen molar-refractivity contribution in [3.8, 4) is 11.1 Å². The number of nitrogens with one attached hydrogen (secondary N) is 1. The second-order valence-electron chi connectivity index (χ2n) is 7.68. The third-order valence-electron chi connectivity index (χ3n) is 6.27. The molecule has 2 aliphatic rings. The quantitative estimate of drug-likeness (QED) is 0.863. The zero-order chi connectivity index (χ0) is 18.3. The van der Waals surface area contributed by atoms with E-state index in [4.69, 9.17) is 4.74 Å². The minimum Gasteiger partial charge on any atom is -0.391 e. The van der Waals surface area contributed by atoms with E-state index in [1.54, 1.807) is 0 Å². The third-order valence-corrected chi connectivity index (χ3v) is 6.27. The molecule has 3 nitrogen and oxygen atoms in total. The zero-order valence-corrected chi connectivity index (χ0v) is 15.4. The number of aryl methyl sites for hydroxylation is 1. The molecule has 138 valence electrons. The van der Waals surface area contributed by atoms with E-state index < -0.39 is 6.10 Å². The van der Waals surface area contributed by atoms with Gasteiger partial charge in [0.15, 0.2) is 0 Å². The molecule has 1 spiro atoms. The molecule has 2 aromatic carbocycles. The summed E-state index contributed by atoms with van der Waals surface area (Å²) in [7, 11) is 0. The molecule has 2 heterocycles. The molecule has 2 aliphatic heterocycles. The van der Waals surface area contributed by atoms with E-state index in [9.17, 15) is 9.50 Å². The van der Waals surface area contributed by atoms with Gasteiger partial charge in [-0.1, -0.05) is 24.3 Å². The maximum Gasteiger partial charge on any atom is 0.123 e. The molecule has 2 saturated heterocycles. The molecule has 0 radical (unpaired) electrons. The molecule has 0 bridgehead atoms. The van der Waals surface area contributed by atoms with E-state index in [0.29, 0.717) is 13.2 Å². The lowest BCUT2D eigenvalue weighted by atomic mass is 9.77. The van der Waals surface area contributed by atoms with Gasteiger partial charge < -0.3 is 15.2 Å². The minimum atomic E-state index is -0.424. The fourth-order valence-corrected chi connectivity index (χ4v) is 4.76. The summed E-state index contributed by atoms with van der Waals surface area (Å²) in [5.74, 6) is -0.163. The van der Waals surface area contributed by atoms with Crippen molar-refractivity contribution in [1.29, 1.82) is 0 Å². The number of rotatable bonds is 2. The van der Waals surface area contributed by atoms with Gasteiger partial charge in [0.05, 0.1) is 6.10 Å². The van der Waals surface area contributed by atoms with Crippen molar-refractivity contribution in [2.75, 3.05) is 19.8 Å². The van der Waals surface area contributed by atoms with Crippen molar-refractivity contribution in [2.45, 2.75) is 44.2 Å². The van der Waals surface area contributed by atoms with Crippen LogP contribution in [0.1, 0.15) is 35.4 Å². The minimum absolute atomic E-state index is 0.0634. The number of benzene rings is 2. The van der Waals surface area contributed by atoms with Crippen molar-refractivity contribution < 1.29 is 14.2 Å². The summed E-state index contributed by atoms with van der Waals surface area (Å²) in [6, 6.07) is 10.8. The molecule has 2 aromatic rings. The molecule has 4 heteroatoms. The van der Waals surface area contributed by atoms with Crippen LogP contribution in [0.25, 0.3) is 11.1 Å². The van der Waals surface area contributed by atoms with Crippen LogP contribution in [-0.4, -0.2) is 36.5 Å². The third kappa shape index (κ3) is 2.86. The summed E-state index contributed by atoms with van der Waals surface area (Å²) in [5.41, 5.74) is 5.47. The van der Waals surface area contributed by atoms with Crippen molar-refractivity contribution in [3.05, 3.63) is 58.9 Å². The Kier molecular flexibility index (Phi) is 4.59. The number of aliphatic hydroxyl groups excluding tert-OH is 1. The van der Waals surface area contributed by atoms with Crippen molar-refractivity contribution in [3.63, 3.8) is 0 Å². The van der Waals surface area contributed by atoms with Gasteiger partial charge in [-0.15, -0.1) is 0 Å². The van der Waals surface area contributed by atoms with Crippen LogP contribution in [0.15, 0.2) is 36.4 Å². The Bertz CT molecular complexity index is 797. The molecule has 2 fully saturated rings. The Morgan fingerprint density at radius 2 is 1.77 bits per heavy atom. The van der Waals surface area contributed by atoms with E-state index in [1.165, 1.54) is 28.8 Å². The number of halogens is 1. The van der Waals surface area contributed by atoms with Gasteiger partial charge in [0.2, 0.25) is 0 Å². The lowest BCUT2D eigenvalue weighted by Crippen LogP contribution is -2.52. The zero-order valence-electron chi connectivity index (χ0n) is 15.4. The van der Waals surface area contributed by atoms with Crippen molar-refractivity contribution in [2.24, 2.45) is 0 Å². The summed E-state index contributed by atoms with van der Waals surface area (Å²) in [6.07, 6.45) is 1.27. The number of hydrogen-bond acceptors (Lipinski definition) is 3. The van der Waals surface area contributed by atoms with Gasteiger partial charge in [-0.05, 0) is 66.6 Å². The number of aliphatic hydroxyl groups is 1. The summed E-state index contributed by atoms with van der Waals surface area (Å²) in [6.45, 7) is 6.39. The fourth-order valence-electron chi connectivity index (χ4n) is 4.76. The molecular formula is C22H26FNO2. The molecule has 2 atom stereocenters. The van der Waals surface area contributed by atoms with Crippen LogP contribution in [0.2, 0.25) is 0 Å². The summed E-state index contributed by atoms with van der Waals surface area (Å²) in [4.78, 5) is 0. The SMILES string of the molecule is Cc1ccc(-c2ccc(F)cc2)c(C)c1C1CNC2(CCOCC2)C1O. The molecule has 2 N–H and O–H groups in total. The lowest BCUT2D eigenvalue weighted by molar-refractivity contribution is -0.0107. The Morgan fingerprint density at radius 3 is 2.46 bits per heavy atom. The van der Waals surface area contributed by atoms with Crippen molar-refractivity contribution >= 4 is 0 Å². The molecular weight excluding hydrogens is 329 g/mol. The molecule has 0 saturated carbocycles. The van der Waals surface area contributed by atoms with Crippen LogP contribution in [0.5, 0.6) is 0 Å². The maximum absolute atomic E-state index is 13.3. The van der Waals surface area contributed by atoms with Crippen molar-refractivity contribution in [1.82, 2.24) is 5.32 Å². The van der Waals surface area contributed by atoms with Gasteiger partial charge in [-0.25, -0.2) is 4.39 Å². The first-order chi connectivity index (χ1) is 12.5. The topological polar surface area (TPSA) is 41.5 Å². The Hall–Kier alpha value is -1.75. The Morgan fingerprint density at radius 1 is 1.08 bits per heavy atom. The molecule has 26 heavy (non-hydrogen) atoms. The highest BCUT2D eigenvalue weighted by Gasteiger charge is 2.49. The first-order valence-corrected chi connectivity index (χ1v) is 9.39. The van der Waals surface area contributed by atoms with E-state index in [1.807, 2.05) is 12.1 Å². The first kappa shape index (κ1) is 17.7. The lowest BCUT2D eigenvalue weighted by Gasteiger charge is -2.37. The van der Waals surface area contributed by atoms with Gasteiger partial charge >= 0.3 is 0 Å². The number of hydrogen-bond donors (Lipinski definition) is 2. The normalized spacial score (nSPS) is 24.9. The van der Waals surface area contributed by atoms with Gasteiger partial charge in [0.1, 0.15) is 5.82 Å². The van der Waals surface area contributed by atoms with E-state index in [0.717, 1.165) is 30.5 Å². The van der Waals surface area contributed by atoms with Crippen LogP contribution in [0.3, 0.4) is 0 Å². The summed E-state index contributed by atoms with van der Waals surface area (Å²) < 4.78 is 18.8. The molecule has 0 amide bonds. The molecule has 2 unspecified atom stereocenters. The first-order valence-electron chi connectivity index (χ1n) is 9.39. The van der Waals surface area contributed by atoms with Crippen LogP contribution in [-0.2, 0) is 4.74 Å². The van der Waals surface area contributed by atoms with Gasteiger partial charge in [-0.2, -0.15) is 0 Å². The highest BCUT2D eigenvalue weighted by atomic mass is 19.1. The Balaban J connectivity index is 1.73. The summed E-state index contributed by atoms with van der Waals surface area (Å²) in [5, 5.41) is 14.8. The van der Waals surface area contributed by atoms with Crippen LogP contribution < -0.4 is 5.32 Å². The molecule has 0 aliphatic carbocycles. The van der Waals surface area contributed by atoms with Crippen LogP contribution in [0.4, 0.5) is 4.39 Å². The molecule has 4 rings (SSSR count). The highest BCUT2D eigenvalue weighted by molar-refractivity contribution is 5.70. The van der Waals surface area contributed by atoms with Crippen LogP contribution in [0, 0.1) is 19.7 Å². The predicted octanol–water partition coefficient (Wildman–Crippen LogP) is 3.71. The number of ether oxygens (including phenoxy) is 1. The second-order valence-corrected chi connectivity index (χ2v) is 7.68. The second kappa shape index (κ2) is 6.76. The largest absolute Gasteiger partial charge is 0.391 e.